The van der Waals surface area contributed by atoms with Crippen LogP contribution >= 0.6 is 0 Å². The normalized spacial score (nSPS) is 12.9. The maximum absolute atomic E-state index is 11.4. The first-order chi connectivity index (χ1) is 6.93. The zero-order chi connectivity index (χ0) is 11.8. The van der Waals surface area contributed by atoms with E-state index in [2.05, 4.69) is 26.1 Å². The van der Waals surface area contributed by atoms with Gasteiger partial charge >= 0.3 is 0 Å². The molecule has 0 bridgehead atoms. The predicted octanol–water partition coefficient (Wildman–Crippen LogP) is 1.88. The van der Waals surface area contributed by atoms with E-state index < -0.39 is 0 Å². The Hall–Kier alpha value is -0.570. The Bertz CT molecular complexity index is 178. The van der Waals surface area contributed by atoms with Crippen LogP contribution in [0.3, 0.4) is 0 Å². The van der Waals surface area contributed by atoms with E-state index in [9.17, 15) is 4.79 Å². The lowest BCUT2D eigenvalue weighted by molar-refractivity contribution is -0.129. The van der Waals surface area contributed by atoms with Crippen LogP contribution in [0.15, 0.2) is 0 Å². The number of rotatable bonds is 7. The number of hydrogen-bond donors (Lipinski definition) is 1. The van der Waals surface area contributed by atoms with Gasteiger partial charge in [0.1, 0.15) is 0 Å². The molecule has 1 atom stereocenters. The van der Waals surface area contributed by atoms with E-state index in [-0.39, 0.29) is 11.9 Å². The Morgan fingerprint density at radius 2 is 1.87 bits per heavy atom. The van der Waals surface area contributed by atoms with Gasteiger partial charge in [0.2, 0.25) is 5.91 Å². The van der Waals surface area contributed by atoms with Crippen molar-refractivity contribution < 1.29 is 4.79 Å². The summed E-state index contributed by atoms with van der Waals surface area (Å²) in [6.45, 7) is 7.55. The minimum absolute atomic E-state index is 0.193. The molecule has 0 aromatic heterocycles. The van der Waals surface area contributed by atoms with Crippen molar-refractivity contribution in [2.24, 2.45) is 5.92 Å². The SMILES string of the molecule is CC(C)CCCNC(C)CC(=O)N(C)C. The highest BCUT2D eigenvalue weighted by molar-refractivity contribution is 5.76. The summed E-state index contributed by atoms with van der Waals surface area (Å²) >= 11 is 0. The first kappa shape index (κ1) is 14.4. The lowest BCUT2D eigenvalue weighted by Gasteiger charge is -2.16. The Morgan fingerprint density at radius 1 is 1.27 bits per heavy atom. The van der Waals surface area contributed by atoms with E-state index in [0.717, 1.165) is 12.5 Å². The summed E-state index contributed by atoms with van der Waals surface area (Å²) in [7, 11) is 3.60. The van der Waals surface area contributed by atoms with Crippen LogP contribution in [0.4, 0.5) is 0 Å². The fourth-order valence-corrected chi connectivity index (χ4v) is 1.38. The number of amides is 1. The topological polar surface area (TPSA) is 32.3 Å². The highest BCUT2D eigenvalue weighted by Crippen LogP contribution is 2.02. The van der Waals surface area contributed by atoms with Crippen LogP contribution in [0, 0.1) is 5.92 Å². The molecular formula is C12H26N2O. The van der Waals surface area contributed by atoms with Crippen molar-refractivity contribution in [3.8, 4) is 0 Å². The molecule has 0 rings (SSSR count). The largest absolute Gasteiger partial charge is 0.349 e. The third-order valence-corrected chi connectivity index (χ3v) is 2.43. The molecule has 0 aliphatic rings. The Kier molecular flexibility index (Phi) is 7.39. The summed E-state index contributed by atoms with van der Waals surface area (Å²) in [5.74, 6) is 0.962. The second-order valence-corrected chi connectivity index (χ2v) is 4.88. The van der Waals surface area contributed by atoms with Crippen molar-refractivity contribution in [3.63, 3.8) is 0 Å². The minimum atomic E-state index is 0.193. The van der Waals surface area contributed by atoms with E-state index >= 15 is 0 Å². The second kappa shape index (κ2) is 7.69. The molecule has 0 fully saturated rings. The Morgan fingerprint density at radius 3 is 2.33 bits per heavy atom. The van der Waals surface area contributed by atoms with Crippen LogP contribution in [0.5, 0.6) is 0 Å². The number of carbonyl (C=O) groups is 1. The summed E-state index contributed by atoms with van der Waals surface area (Å²) in [5, 5.41) is 3.38. The summed E-state index contributed by atoms with van der Waals surface area (Å²) in [6.07, 6.45) is 3.04. The number of carbonyl (C=O) groups excluding carboxylic acids is 1. The summed E-state index contributed by atoms with van der Waals surface area (Å²) in [6, 6.07) is 0.284. The molecule has 3 nitrogen and oxygen atoms in total. The van der Waals surface area contributed by atoms with Crippen LogP contribution in [-0.2, 0) is 4.79 Å². The third kappa shape index (κ3) is 8.43. The van der Waals surface area contributed by atoms with E-state index in [1.165, 1.54) is 12.8 Å². The quantitative estimate of drug-likeness (QED) is 0.656. The van der Waals surface area contributed by atoms with Gasteiger partial charge in [-0.2, -0.15) is 0 Å². The molecule has 0 heterocycles. The summed E-state index contributed by atoms with van der Waals surface area (Å²) < 4.78 is 0. The molecule has 0 aliphatic carbocycles. The van der Waals surface area contributed by atoms with Crippen LogP contribution in [0.25, 0.3) is 0 Å². The van der Waals surface area contributed by atoms with Crippen molar-refractivity contribution in [3.05, 3.63) is 0 Å². The first-order valence-electron chi connectivity index (χ1n) is 5.87. The van der Waals surface area contributed by atoms with E-state index in [0.29, 0.717) is 6.42 Å². The lowest BCUT2D eigenvalue weighted by atomic mass is 10.1. The van der Waals surface area contributed by atoms with Gasteiger partial charge in [-0.3, -0.25) is 4.79 Å². The fourth-order valence-electron chi connectivity index (χ4n) is 1.38. The van der Waals surface area contributed by atoms with Crippen LogP contribution in [0.2, 0.25) is 0 Å². The molecule has 1 N–H and O–H groups in total. The molecule has 1 amide bonds. The molecule has 90 valence electrons. The number of nitrogens with one attached hydrogen (secondary N) is 1. The van der Waals surface area contributed by atoms with Gasteiger partial charge in [0.15, 0.2) is 0 Å². The average Bonchev–Trinajstić information content (AvgIpc) is 2.12. The fraction of sp³-hybridized carbons (Fsp3) is 0.917. The van der Waals surface area contributed by atoms with Gasteiger partial charge in [-0.25, -0.2) is 0 Å². The molecular weight excluding hydrogens is 188 g/mol. The van der Waals surface area contributed by atoms with Crippen molar-refractivity contribution in [1.29, 1.82) is 0 Å². The van der Waals surface area contributed by atoms with Crippen molar-refractivity contribution in [1.82, 2.24) is 10.2 Å². The van der Waals surface area contributed by atoms with Gasteiger partial charge < -0.3 is 10.2 Å². The molecule has 0 aromatic carbocycles. The van der Waals surface area contributed by atoms with Gasteiger partial charge in [0.05, 0.1) is 0 Å². The van der Waals surface area contributed by atoms with Gasteiger partial charge in [-0.05, 0) is 32.2 Å². The maximum atomic E-state index is 11.4. The molecule has 0 saturated carbocycles. The van der Waals surface area contributed by atoms with Crippen molar-refractivity contribution in [2.75, 3.05) is 20.6 Å². The van der Waals surface area contributed by atoms with Crippen LogP contribution < -0.4 is 5.32 Å². The minimum Gasteiger partial charge on any atom is -0.349 e. The number of hydrogen-bond acceptors (Lipinski definition) is 2. The average molecular weight is 214 g/mol. The molecule has 0 saturated heterocycles. The van der Waals surface area contributed by atoms with Gasteiger partial charge in [0.25, 0.3) is 0 Å². The smallest absolute Gasteiger partial charge is 0.223 e. The van der Waals surface area contributed by atoms with Gasteiger partial charge in [-0.1, -0.05) is 13.8 Å². The molecule has 0 aromatic rings. The molecule has 0 aliphatic heterocycles. The van der Waals surface area contributed by atoms with Gasteiger partial charge in [0, 0.05) is 26.6 Å². The highest BCUT2D eigenvalue weighted by atomic mass is 16.2. The number of nitrogens with zero attached hydrogens (tertiary/aromatic N) is 1. The second-order valence-electron chi connectivity index (χ2n) is 4.88. The zero-order valence-electron chi connectivity index (χ0n) is 10.8. The molecule has 0 radical (unpaired) electrons. The molecule has 0 spiro atoms. The standard InChI is InChI=1S/C12H26N2O/c1-10(2)7-6-8-13-11(3)9-12(15)14(4)5/h10-11,13H,6-9H2,1-5H3. The summed E-state index contributed by atoms with van der Waals surface area (Å²) in [4.78, 5) is 13.0. The molecule has 3 heteroatoms. The van der Waals surface area contributed by atoms with E-state index in [1.807, 2.05) is 0 Å². The van der Waals surface area contributed by atoms with E-state index in [4.69, 9.17) is 0 Å². The van der Waals surface area contributed by atoms with Crippen LogP contribution in [-0.4, -0.2) is 37.5 Å². The van der Waals surface area contributed by atoms with Crippen LogP contribution in [0.1, 0.15) is 40.0 Å². The third-order valence-electron chi connectivity index (χ3n) is 2.43. The highest BCUT2D eigenvalue weighted by Gasteiger charge is 2.09. The molecule has 1 unspecified atom stereocenters. The monoisotopic (exact) mass is 214 g/mol. The first-order valence-corrected chi connectivity index (χ1v) is 5.87. The van der Waals surface area contributed by atoms with Crippen molar-refractivity contribution in [2.45, 2.75) is 46.1 Å². The van der Waals surface area contributed by atoms with E-state index in [1.54, 1.807) is 19.0 Å². The summed E-state index contributed by atoms with van der Waals surface area (Å²) in [5.41, 5.74) is 0. The molecule has 15 heavy (non-hydrogen) atoms. The Labute approximate surface area is 94.2 Å². The zero-order valence-corrected chi connectivity index (χ0v) is 10.8. The maximum Gasteiger partial charge on any atom is 0.223 e. The lowest BCUT2D eigenvalue weighted by Crippen LogP contribution is -2.33. The Balaban J connectivity index is 3.49. The van der Waals surface area contributed by atoms with Crippen molar-refractivity contribution >= 4 is 5.91 Å². The van der Waals surface area contributed by atoms with Gasteiger partial charge in [-0.15, -0.1) is 0 Å². The predicted molar refractivity (Wildman–Crippen MR) is 64.8 cm³/mol.